The van der Waals surface area contributed by atoms with Gasteiger partial charge in [-0.2, -0.15) is 0 Å². The average Bonchev–Trinajstić information content (AvgIpc) is 2.40. The standard InChI is InChI=1S/C6H9N3O5/c7-9-8-2-6(13)4(11)3(1-10)14-5(6)12/h3-4,10-11,13H,1-2H2/t3-,4-,6-/m0/s1. The Labute approximate surface area is 78.3 Å². The van der Waals surface area contributed by atoms with Gasteiger partial charge in [0.2, 0.25) is 0 Å². The Hall–Kier alpha value is -1.34. The van der Waals surface area contributed by atoms with Crippen molar-refractivity contribution in [3.63, 3.8) is 0 Å². The lowest BCUT2D eigenvalue weighted by atomic mass is 9.96. The van der Waals surface area contributed by atoms with Crippen LogP contribution in [-0.2, 0) is 9.53 Å². The van der Waals surface area contributed by atoms with E-state index in [-0.39, 0.29) is 0 Å². The molecule has 1 fully saturated rings. The Balaban J connectivity index is 2.86. The van der Waals surface area contributed by atoms with Gasteiger partial charge in [0.15, 0.2) is 11.7 Å². The van der Waals surface area contributed by atoms with Gasteiger partial charge in [-0.3, -0.25) is 0 Å². The predicted molar refractivity (Wildman–Crippen MR) is 41.9 cm³/mol. The van der Waals surface area contributed by atoms with Crippen molar-refractivity contribution in [2.45, 2.75) is 17.8 Å². The molecule has 0 aromatic heterocycles. The van der Waals surface area contributed by atoms with Crippen LogP contribution in [0.5, 0.6) is 0 Å². The summed E-state index contributed by atoms with van der Waals surface area (Å²) < 4.78 is 4.46. The first kappa shape index (κ1) is 10.7. The third kappa shape index (κ3) is 1.51. The van der Waals surface area contributed by atoms with Gasteiger partial charge in [-0.1, -0.05) is 5.11 Å². The lowest BCUT2D eigenvalue weighted by molar-refractivity contribution is -0.156. The van der Waals surface area contributed by atoms with Crippen molar-refractivity contribution < 1.29 is 24.9 Å². The van der Waals surface area contributed by atoms with E-state index in [9.17, 15) is 15.0 Å². The summed E-state index contributed by atoms with van der Waals surface area (Å²) in [5.41, 5.74) is 5.75. The monoisotopic (exact) mass is 203 g/mol. The maximum Gasteiger partial charge on any atom is 0.341 e. The quantitative estimate of drug-likeness (QED) is 0.217. The third-order valence-corrected chi connectivity index (χ3v) is 2.01. The molecule has 0 radical (unpaired) electrons. The van der Waals surface area contributed by atoms with E-state index < -0.39 is 36.9 Å². The highest BCUT2D eigenvalue weighted by Gasteiger charge is 2.55. The minimum atomic E-state index is -2.25. The second-order valence-corrected chi connectivity index (χ2v) is 2.88. The topological polar surface area (TPSA) is 136 Å². The summed E-state index contributed by atoms with van der Waals surface area (Å²) in [6, 6.07) is 0. The third-order valence-electron chi connectivity index (χ3n) is 2.01. The number of azide groups is 1. The molecule has 0 unspecified atom stereocenters. The first-order chi connectivity index (χ1) is 6.56. The van der Waals surface area contributed by atoms with E-state index in [0.717, 1.165) is 0 Å². The number of carbonyl (C=O) groups is 1. The number of ether oxygens (including phenoxy) is 1. The fraction of sp³-hybridized carbons (Fsp3) is 0.833. The van der Waals surface area contributed by atoms with Crippen molar-refractivity contribution in [1.29, 1.82) is 0 Å². The molecule has 14 heavy (non-hydrogen) atoms. The molecule has 0 amide bonds. The van der Waals surface area contributed by atoms with Gasteiger partial charge >= 0.3 is 5.97 Å². The van der Waals surface area contributed by atoms with Crippen LogP contribution in [0.3, 0.4) is 0 Å². The van der Waals surface area contributed by atoms with Crippen molar-refractivity contribution in [2.24, 2.45) is 5.11 Å². The lowest BCUT2D eigenvalue weighted by Crippen LogP contribution is -2.49. The van der Waals surface area contributed by atoms with Crippen molar-refractivity contribution in [2.75, 3.05) is 13.2 Å². The molecule has 0 aliphatic carbocycles. The van der Waals surface area contributed by atoms with Crippen molar-refractivity contribution >= 4 is 5.97 Å². The maximum absolute atomic E-state index is 11.1. The molecule has 1 heterocycles. The van der Waals surface area contributed by atoms with Crippen LogP contribution in [0.15, 0.2) is 5.11 Å². The average molecular weight is 203 g/mol. The van der Waals surface area contributed by atoms with E-state index in [1.165, 1.54) is 0 Å². The summed E-state index contributed by atoms with van der Waals surface area (Å²) in [6.07, 6.45) is -2.77. The fourth-order valence-electron chi connectivity index (χ4n) is 1.17. The zero-order valence-corrected chi connectivity index (χ0v) is 7.07. The number of hydrogen-bond donors (Lipinski definition) is 3. The van der Waals surface area contributed by atoms with Gasteiger partial charge in [-0.15, -0.1) is 0 Å². The van der Waals surface area contributed by atoms with Crippen LogP contribution in [-0.4, -0.2) is 52.2 Å². The SMILES string of the molecule is [N-]=[N+]=NC[C@@]1(O)C(=O)O[C@@H](CO)[C@@H]1O. The van der Waals surface area contributed by atoms with Gasteiger partial charge in [-0.05, 0) is 5.53 Å². The lowest BCUT2D eigenvalue weighted by Gasteiger charge is -2.20. The van der Waals surface area contributed by atoms with Crippen LogP contribution in [0.2, 0.25) is 0 Å². The largest absolute Gasteiger partial charge is 0.455 e. The van der Waals surface area contributed by atoms with E-state index in [1.807, 2.05) is 0 Å². The smallest absolute Gasteiger partial charge is 0.341 e. The molecule has 1 rings (SSSR count). The Bertz CT molecular complexity index is 289. The Kier molecular flexibility index (Phi) is 2.92. The van der Waals surface area contributed by atoms with Gasteiger partial charge < -0.3 is 20.1 Å². The molecule has 1 aliphatic rings. The van der Waals surface area contributed by atoms with E-state index >= 15 is 0 Å². The molecule has 8 nitrogen and oxygen atoms in total. The number of rotatable bonds is 3. The number of hydrogen-bond acceptors (Lipinski definition) is 6. The predicted octanol–water partition coefficient (Wildman–Crippen LogP) is -1.69. The zero-order chi connectivity index (χ0) is 10.8. The van der Waals surface area contributed by atoms with Crippen LogP contribution < -0.4 is 0 Å². The first-order valence-corrected chi connectivity index (χ1v) is 3.79. The summed E-state index contributed by atoms with van der Waals surface area (Å²) in [5.74, 6) is -1.10. The minimum absolute atomic E-state index is 0.606. The maximum atomic E-state index is 11.1. The Morgan fingerprint density at radius 2 is 2.36 bits per heavy atom. The second-order valence-electron chi connectivity index (χ2n) is 2.88. The van der Waals surface area contributed by atoms with Crippen molar-refractivity contribution in [3.8, 4) is 0 Å². The summed E-state index contributed by atoms with van der Waals surface area (Å²) in [4.78, 5) is 13.4. The Morgan fingerprint density at radius 1 is 1.71 bits per heavy atom. The minimum Gasteiger partial charge on any atom is -0.455 e. The first-order valence-electron chi connectivity index (χ1n) is 3.79. The van der Waals surface area contributed by atoms with Crippen LogP contribution in [0.4, 0.5) is 0 Å². The summed E-state index contributed by atoms with van der Waals surface area (Å²) in [6.45, 7) is -1.23. The number of carbonyl (C=O) groups excluding carboxylic acids is 1. The highest BCUT2D eigenvalue weighted by Crippen LogP contribution is 2.26. The molecule has 0 bridgehead atoms. The van der Waals surface area contributed by atoms with Crippen LogP contribution >= 0.6 is 0 Å². The number of nitrogens with zero attached hydrogens (tertiary/aromatic N) is 3. The fourth-order valence-corrected chi connectivity index (χ4v) is 1.17. The molecule has 78 valence electrons. The molecule has 3 N–H and O–H groups in total. The summed E-state index contributed by atoms with van der Waals surface area (Å²) >= 11 is 0. The summed E-state index contributed by atoms with van der Waals surface area (Å²) in [7, 11) is 0. The molecule has 1 aliphatic heterocycles. The highest BCUT2D eigenvalue weighted by atomic mass is 16.6. The molecule has 0 aromatic rings. The Morgan fingerprint density at radius 3 is 2.79 bits per heavy atom. The van der Waals surface area contributed by atoms with Crippen LogP contribution in [0.1, 0.15) is 0 Å². The normalized spacial score (nSPS) is 36.4. The molecule has 1 saturated heterocycles. The second kappa shape index (κ2) is 3.81. The number of aliphatic hydroxyl groups is 3. The van der Waals surface area contributed by atoms with E-state index in [4.69, 9.17) is 10.6 Å². The molecule has 0 saturated carbocycles. The van der Waals surface area contributed by atoms with E-state index in [1.54, 1.807) is 0 Å². The molecular formula is C6H9N3O5. The number of cyclic esters (lactones) is 1. The summed E-state index contributed by atoms with van der Waals surface area (Å²) in [5, 5.41) is 30.6. The molecular weight excluding hydrogens is 194 g/mol. The van der Waals surface area contributed by atoms with Gasteiger partial charge in [0.1, 0.15) is 6.10 Å². The molecule has 0 aromatic carbocycles. The highest BCUT2D eigenvalue weighted by molar-refractivity contribution is 5.83. The van der Waals surface area contributed by atoms with Gasteiger partial charge in [-0.25, -0.2) is 4.79 Å². The van der Waals surface area contributed by atoms with Crippen LogP contribution in [0, 0.1) is 0 Å². The van der Waals surface area contributed by atoms with Crippen molar-refractivity contribution in [3.05, 3.63) is 10.4 Å². The van der Waals surface area contributed by atoms with Gasteiger partial charge in [0.05, 0.1) is 13.2 Å². The number of esters is 1. The molecule has 0 spiro atoms. The van der Waals surface area contributed by atoms with Crippen LogP contribution in [0.25, 0.3) is 10.4 Å². The zero-order valence-electron chi connectivity index (χ0n) is 7.07. The van der Waals surface area contributed by atoms with Gasteiger partial charge in [0, 0.05) is 4.91 Å². The van der Waals surface area contributed by atoms with E-state index in [2.05, 4.69) is 14.8 Å². The van der Waals surface area contributed by atoms with E-state index in [0.29, 0.717) is 0 Å². The molecule has 3 atom stereocenters. The molecule has 8 heteroatoms. The van der Waals surface area contributed by atoms with Crippen molar-refractivity contribution in [1.82, 2.24) is 0 Å². The number of aliphatic hydroxyl groups excluding tert-OH is 2. The van der Waals surface area contributed by atoms with Gasteiger partial charge in [0.25, 0.3) is 0 Å².